The van der Waals surface area contributed by atoms with Gasteiger partial charge in [-0.25, -0.2) is 0 Å². The summed E-state index contributed by atoms with van der Waals surface area (Å²) in [6.07, 6.45) is 0. The van der Waals surface area contributed by atoms with Crippen LogP contribution in [0.4, 0.5) is 0 Å². The third kappa shape index (κ3) is 1.46. The van der Waals surface area contributed by atoms with Gasteiger partial charge in [-0.3, -0.25) is 0 Å². The second-order valence-electron chi connectivity index (χ2n) is 3.44. The van der Waals surface area contributed by atoms with Crippen molar-refractivity contribution in [2.75, 3.05) is 0 Å². The van der Waals surface area contributed by atoms with Crippen LogP contribution in [0.25, 0.3) is 5.69 Å². The molecule has 0 saturated carbocycles. The molecule has 0 radical (unpaired) electrons. The highest BCUT2D eigenvalue weighted by atomic mass is 32.1. The molecule has 0 N–H and O–H groups in total. The molecule has 0 unspecified atom stereocenters. The fourth-order valence-electron chi connectivity index (χ4n) is 1.70. The van der Waals surface area contributed by atoms with E-state index in [1.165, 1.54) is 11.4 Å². The van der Waals surface area contributed by atoms with E-state index >= 15 is 0 Å². The van der Waals surface area contributed by atoms with Crippen molar-refractivity contribution in [3.63, 3.8) is 0 Å². The number of para-hydroxylation sites is 1. The number of rotatable bonds is 1. The van der Waals surface area contributed by atoms with Gasteiger partial charge in [0.05, 0.1) is 5.69 Å². The predicted molar refractivity (Wildman–Crippen MR) is 62.5 cm³/mol. The van der Waals surface area contributed by atoms with Crippen LogP contribution in [0, 0.1) is 13.8 Å². The number of aromatic nitrogens is 1. The minimum Gasteiger partial charge on any atom is -0.317 e. The topological polar surface area (TPSA) is 4.93 Å². The fraction of sp³-hybridized carbons (Fsp3) is 0.167. The van der Waals surface area contributed by atoms with Crippen molar-refractivity contribution in [1.29, 1.82) is 0 Å². The van der Waals surface area contributed by atoms with Crippen molar-refractivity contribution >= 4 is 12.6 Å². The molecule has 2 heteroatoms. The van der Waals surface area contributed by atoms with E-state index in [1.54, 1.807) is 0 Å². The summed E-state index contributed by atoms with van der Waals surface area (Å²) < 4.78 is 2.21. The van der Waals surface area contributed by atoms with E-state index < -0.39 is 0 Å². The van der Waals surface area contributed by atoms with Gasteiger partial charge in [-0.15, -0.1) is 12.6 Å². The Morgan fingerprint density at radius 2 is 1.50 bits per heavy atom. The molecule has 0 amide bonds. The normalized spacial score (nSPS) is 10.5. The number of nitrogens with zero attached hydrogens (tertiary/aromatic N) is 1. The van der Waals surface area contributed by atoms with Gasteiger partial charge in [0, 0.05) is 16.3 Å². The van der Waals surface area contributed by atoms with Gasteiger partial charge in [0.15, 0.2) is 0 Å². The Morgan fingerprint density at radius 3 is 2.07 bits per heavy atom. The van der Waals surface area contributed by atoms with E-state index in [4.69, 9.17) is 0 Å². The molecule has 1 aromatic carbocycles. The minimum atomic E-state index is 1.01. The second-order valence-corrected chi connectivity index (χ2v) is 3.92. The van der Waals surface area contributed by atoms with Crippen LogP contribution in [-0.4, -0.2) is 4.57 Å². The summed E-state index contributed by atoms with van der Waals surface area (Å²) in [6, 6.07) is 12.4. The Kier molecular flexibility index (Phi) is 2.38. The van der Waals surface area contributed by atoms with Crippen LogP contribution in [0.1, 0.15) is 11.4 Å². The predicted octanol–water partition coefficient (Wildman–Crippen LogP) is 3.38. The molecule has 1 nitrogen and oxygen atoms in total. The SMILES string of the molecule is Cc1ccc(C)n1-c1ccccc1S. The molecular weight excluding hydrogens is 190 g/mol. The number of hydrogen-bond acceptors (Lipinski definition) is 1. The first kappa shape index (κ1) is 9.41. The third-order valence-electron chi connectivity index (χ3n) is 2.39. The molecule has 0 saturated heterocycles. The highest BCUT2D eigenvalue weighted by molar-refractivity contribution is 7.80. The molecule has 0 atom stereocenters. The standard InChI is InChI=1S/C12H13NS/c1-9-7-8-10(2)13(9)11-5-3-4-6-12(11)14/h3-8,14H,1-2H3. The molecule has 2 rings (SSSR count). The van der Waals surface area contributed by atoms with Crippen LogP contribution in [0.2, 0.25) is 0 Å². The van der Waals surface area contributed by atoms with E-state index in [1.807, 2.05) is 18.2 Å². The summed E-state index contributed by atoms with van der Waals surface area (Å²) in [5.41, 5.74) is 3.63. The Labute approximate surface area is 89.8 Å². The monoisotopic (exact) mass is 203 g/mol. The van der Waals surface area contributed by atoms with Gasteiger partial charge in [0.25, 0.3) is 0 Å². The number of hydrogen-bond donors (Lipinski definition) is 1. The van der Waals surface area contributed by atoms with Gasteiger partial charge in [-0.1, -0.05) is 12.1 Å². The molecular formula is C12H13NS. The Balaban J connectivity index is 2.66. The van der Waals surface area contributed by atoms with Crippen molar-refractivity contribution < 1.29 is 0 Å². The van der Waals surface area contributed by atoms with Crippen LogP contribution in [0.15, 0.2) is 41.3 Å². The van der Waals surface area contributed by atoms with Crippen molar-refractivity contribution in [1.82, 2.24) is 4.57 Å². The molecule has 0 spiro atoms. The highest BCUT2D eigenvalue weighted by Gasteiger charge is 2.05. The summed E-state index contributed by atoms with van der Waals surface area (Å²) >= 11 is 4.46. The smallest absolute Gasteiger partial charge is 0.0588 e. The largest absolute Gasteiger partial charge is 0.317 e. The van der Waals surface area contributed by atoms with E-state index in [2.05, 4.69) is 49.2 Å². The lowest BCUT2D eigenvalue weighted by atomic mass is 10.3. The number of benzene rings is 1. The lowest BCUT2D eigenvalue weighted by Crippen LogP contribution is -1.99. The zero-order valence-electron chi connectivity index (χ0n) is 8.36. The van der Waals surface area contributed by atoms with Gasteiger partial charge in [0.2, 0.25) is 0 Å². The summed E-state index contributed by atoms with van der Waals surface area (Å²) in [6.45, 7) is 4.21. The fourth-order valence-corrected chi connectivity index (χ4v) is 1.96. The van der Waals surface area contributed by atoms with Crippen LogP contribution in [0.3, 0.4) is 0 Å². The number of thiol groups is 1. The summed E-state index contributed by atoms with van der Waals surface area (Å²) in [4.78, 5) is 1.01. The average molecular weight is 203 g/mol. The van der Waals surface area contributed by atoms with Crippen LogP contribution in [-0.2, 0) is 0 Å². The van der Waals surface area contributed by atoms with Gasteiger partial charge in [-0.2, -0.15) is 0 Å². The molecule has 72 valence electrons. The molecule has 0 aliphatic rings. The summed E-state index contributed by atoms with van der Waals surface area (Å²) in [5.74, 6) is 0. The van der Waals surface area contributed by atoms with Gasteiger partial charge < -0.3 is 4.57 Å². The van der Waals surface area contributed by atoms with Crippen LogP contribution >= 0.6 is 12.6 Å². The highest BCUT2D eigenvalue weighted by Crippen LogP contribution is 2.22. The van der Waals surface area contributed by atoms with Crippen molar-refractivity contribution in [3.05, 3.63) is 47.8 Å². The minimum absolute atomic E-state index is 1.01. The maximum absolute atomic E-state index is 4.46. The van der Waals surface area contributed by atoms with Gasteiger partial charge in [0.1, 0.15) is 0 Å². The zero-order valence-corrected chi connectivity index (χ0v) is 9.25. The summed E-state index contributed by atoms with van der Waals surface area (Å²) in [7, 11) is 0. The molecule has 2 aromatic rings. The molecule has 1 aromatic heterocycles. The molecule has 0 aliphatic carbocycles. The average Bonchev–Trinajstić information content (AvgIpc) is 2.48. The maximum atomic E-state index is 4.46. The zero-order chi connectivity index (χ0) is 10.1. The van der Waals surface area contributed by atoms with Crippen molar-refractivity contribution in [2.24, 2.45) is 0 Å². The van der Waals surface area contributed by atoms with Crippen molar-refractivity contribution in [2.45, 2.75) is 18.7 Å². The van der Waals surface area contributed by atoms with Gasteiger partial charge >= 0.3 is 0 Å². The van der Waals surface area contributed by atoms with Crippen LogP contribution < -0.4 is 0 Å². The summed E-state index contributed by atoms with van der Waals surface area (Å²) in [5, 5.41) is 0. The first-order valence-corrected chi connectivity index (χ1v) is 5.08. The third-order valence-corrected chi connectivity index (χ3v) is 2.77. The lowest BCUT2D eigenvalue weighted by molar-refractivity contribution is 0.943. The Bertz CT molecular complexity index is 438. The van der Waals surface area contributed by atoms with E-state index in [0.29, 0.717) is 0 Å². The number of aryl methyl sites for hydroxylation is 2. The van der Waals surface area contributed by atoms with Gasteiger partial charge in [-0.05, 0) is 38.1 Å². The molecule has 14 heavy (non-hydrogen) atoms. The first-order valence-electron chi connectivity index (χ1n) is 4.63. The van der Waals surface area contributed by atoms with E-state index in [0.717, 1.165) is 10.6 Å². The van der Waals surface area contributed by atoms with Crippen LogP contribution in [0.5, 0.6) is 0 Å². The lowest BCUT2D eigenvalue weighted by Gasteiger charge is -2.11. The Morgan fingerprint density at radius 1 is 0.929 bits per heavy atom. The molecule has 0 aliphatic heterocycles. The quantitative estimate of drug-likeness (QED) is 0.678. The van der Waals surface area contributed by atoms with E-state index in [9.17, 15) is 0 Å². The molecule has 0 fully saturated rings. The molecule has 0 bridgehead atoms. The Hall–Kier alpha value is -1.15. The van der Waals surface area contributed by atoms with Crippen molar-refractivity contribution in [3.8, 4) is 5.69 Å². The molecule has 1 heterocycles. The second kappa shape index (κ2) is 3.54. The maximum Gasteiger partial charge on any atom is 0.0588 e. The van der Waals surface area contributed by atoms with E-state index in [-0.39, 0.29) is 0 Å². The first-order chi connectivity index (χ1) is 6.70.